The van der Waals surface area contributed by atoms with Crippen LogP contribution in [0.2, 0.25) is 0 Å². The van der Waals surface area contributed by atoms with Crippen LogP contribution in [0.15, 0.2) is 152 Å². The van der Waals surface area contributed by atoms with Gasteiger partial charge in [0.15, 0.2) is 0 Å². The van der Waals surface area contributed by atoms with Crippen molar-refractivity contribution >= 4 is 28.3 Å². The molecule has 0 heterocycles. The summed E-state index contributed by atoms with van der Waals surface area (Å²) in [6.07, 6.45) is 0.161. The molecule has 0 saturated heterocycles. The van der Waals surface area contributed by atoms with Crippen LogP contribution in [0.1, 0.15) is 34.2 Å². The number of methoxy groups -OCH3 is 1. The molecular formula is C38H30O2. The number of carbonyl (C=O) groups is 1. The van der Waals surface area contributed by atoms with E-state index in [9.17, 15) is 4.79 Å². The van der Waals surface area contributed by atoms with E-state index in [-0.39, 0.29) is 12.4 Å². The fourth-order valence-electron chi connectivity index (χ4n) is 6.16. The van der Waals surface area contributed by atoms with E-state index < -0.39 is 5.41 Å². The quantitative estimate of drug-likeness (QED) is 0.201. The van der Waals surface area contributed by atoms with E-state index in [1.165, 1.54) is 7.11 Å². The smallest absolute Gasteiger partial charge is 0.307 e. The Morgan fingerprint density at radius 1 is 0.500 bits per heavy atom. The summed E-state index contributed by atoms with van der Waals surface area (Å²) >= 11 is 0. The molecule has 0 N–H and O–H groups in total. The lowest BCUT2D eigenvalue weighted by Crippen LogP contribution is -2.32. The maximum Gasteiger partial charge on any atom is 0.307 e. The lowest BCUT2D eigenvalue weighted by Gasteiger charge is -2.37. The number of hydrogen-bond donors (Lipinski definition) is 0. The largest absolute Gasteiger partial charge is 0.469 e. The predicted molar refractivity (Wildman–Crippen MR) is 164 cm³/mol. The molecular weight excluding hydrogens is 488 g/mol. The molecule has 1 aliphatic rings. The minimum atomic E-state index is -0.812. The third-order valence-electron chi connectivity index (χ3n) is 7.76. The zero-order valence-corrected chi connectivity index (χ0v) is 22.5. The van der Waals surface area contributed by atoms with Crippen LogP contribution in [0.3, 0.4) is 0 Å². The summed E-state index contributed by atoms with van der Waals surface area (Å²) < 4.78 is 5.42. The highest BCUT2D eigenvalue weighted by Crippen LogP contribution is 2.63. The Morgan fingerprint density at radius 2 is 0.825 bits per heavy atom. The van der Waals surface area contributed by atoms with Crippen LogP contribution < -0.4 is 0 Å². The predicted octanol–water partition coefficient (Wildman–Crippen LogP) is 8.72. The second kappa shape index (κ2) is 11.0. The van der Waals surface area contributed by atoms with E-state index in [1.54, 1.807) is 0 Å². The van der Waals surface area contributed by atoms with Crippen LogP contribution in [-0.2, 0) is 14.9 Å². The summed E-state index contributed by atoms with van der Waals surface area (Å²) in [7, 11) is 1.48. The van der Waals surface area contributed by atoms with Gasteiger partial charge in [-0.15, -0.1) is 0 Å². The number of hydrogen-bond acceptors (Lipinski definition) is 2. The van der Waals surface area contributed by atoms with Crippen molar-refractivity contribution in [3.05, 3.63) is 179 Å². The van der Waals surface area contributed by atoms with Gasteiger partial charge in [0.05, 0.1) is 18.9 Å². The molecule has 0 atom stereocenters. The first-order valence-corrected chi connectivity index (χ1v) is 13.6. The van der Waals surface area contributed by atoms with Crippen molar-refractivity contribution in [2.24, 2.45) is 0 Å². The molecule has 0 unspecified atom stereocenters. The normalized spacial score (nSPS) is 14.3. The van der Waals surface area contributed by atoms with Gasteiger partial charge in [0.1, 0.15) is 0 Å². The number of allylic oxidation sites excluding steroid dienone is 4. The number of ether oxygens (including phenoxy) is 1. The second-order valence-electron chi connectivity index (χ2n) is 9.99. The lowest BCUT2D eigenvalue weighted by atomic mass is 9.65. The third-order valence-corrected chi connectivity index (χ3v) is 7.76. The molecule has 1 aliphatic carbocycles. The van der Waals surface area contributed by atoms with E-state index in [0.717, 1.165) is 50.1 Å². The van der Waals surface area contributed by atoms with Gasteiger partial charge >= 0.3 is 5.97 Å². The SMILES string of the molecule is COC(=O)CC1(c2ccccc2)C(c2ccccc2)=C(c2ccccc2)C(c2ccccc2)=C1c1ccccc1. The molecule has 0 bridgehead atoms. The molecule has 0 spiro atoms. The number of rotatable bonds is 7. The van der Waals surface area contributed by atoms with Crippen LogP contribution in [0.5, 0.6) is 0 Å². The Labute approximate surface area is 235 Å². The van der Waals surface area contributed by atoms with Gasteiger partial charge in [-0.3, -0.25) is 4.79 Å². The summed E-state index contributed by atoms with van der Waals surface area (Å²) in [5.74, 6) is -0.257. The summed E-state index contributed by atoms with van der Waals surface area (Å²) in [4.78, 5) is 13.5. The van der Waals surface area contributed by atoms with Crippen LogP contribution in [-0.4, -0.2) is 13.1 Å². The molecule has 6 rings (SSSR count). The van der Waals surface area contributed by atoms with E-state index in [4.69, 9.17) is 4.74 Å². The van der Waals surface area contributed by atoms with E-state index in [0.29, 0.717) is 0 Å². The van der Waals surface area contributed by atoms with Crippen LogP contribution in [0.25, 0.3) is 22.3 Å². The molecule has 0 amide bonds. The highest BCUT2D eigenvalue weighted by atomic mass is 16.5. The third kappa shape index (κ3) is 4.38. The van der Waals surface area contributed by atoms with Crippen molar-refractivity contribution in [2.75, 3.05) is 7.11 Å². The molecule has 0 radical (unpaired) electrons. The first-order valence-electron chi connectivity index (χ1n) is 13.6. The fraction of sp³-hybridized carbons (Fsp3) is 0.0789. The van der Waals surface area contributed by atoms with Crippen LogP contribution in [0, 0.1) is 0 Å². The zero-order valence-electron chi connectivity index (χ0n) is 22.5. The maximum atomic E-state index is 13.5. The van der Waals surface area contributed by atoms with Gasteiger partial charge in [-0.05, 0) is 50.1 Å². The summed E-state index contributed by atoms with van der Waals surface area (Å²) in [5, 5.41) is 0. The number of benzene rings is 5. The van der Waals surface area contributed by atoms with Crippen molar-refractivity contribution in [3.63, 3.8) is 0 Å². The van der Waals surface area contributed by atoms with Gasteiger partial charge < -0.3 is 4.74 Å². The van der Waals surface area contributed by atoms with Crippen molar-refractivity contribution in [2.45, 2.75) is 11.8 Å². The van der Waals surface area contributed by atoms with Gasteiger partial charge in [-0.1, -0.05) is 152 Å². The van der Waals surface area contributed by atoms with Crippen molar-refractivity contribution < 1.29 is 9.53 Å². The summed E-state index contributed by atoms with van der Waals surface area (Å²) in [6.45, 7) is 0. The molecule has 0 aromatic heterocycles. The number of esters is 1. The van der Waals surface area contributed by atoms with Crippen molar-refractivity contribution in [3.8, 4) is 0 Å². The molecule has 2 heteroatoms. The zero-order chi connectivity index (χ0) is 27.4. The Bertz CT molecular complexity index is 1570. The Morgan fingerprint density at radius 3 is 1.18 bits per heavy atom. The minimum absolute atomic E-state index is 0.161. The molecule has 0 fully saturated rings. The second-order valence-corrected chi connectivity index (χ2v) is 9.99. The summed E-state index contributed by atoms with van der Waals surface area (Å²) in [6, 6.07) is 52.5. The van der Waals surface area contributed by atoms with Crippen LogP contribution in [0.4, 0.5) is 0 Å². The molecule has 40 heavy (non-hydrogen) atoms. The average molecular weight is 519 g/mol. The van der Waals surface area contributed by atoms with E-state index in [2.05, 4.69) is 121 Å². The minimum Gasteiger partial charge on any atom is -0.469 e. The van der Waals surface area contributed by atoms with Gasteiger partial charge in [0, 0.05) is 0 Å². The molecule has 5 aromatic carbocycles. The van der Waals surface area contributed by atoms with Crippen molar-refractivity contribution in [1.82, 2.24) is 0 Å². The monoisotopic (exact) mass is 518 g/mol. The molecule has 0 saturated carbocycles. The average Bonchev–Trinajstić information content (AvgIpc) is 3.34. The lowest BCUT2D eigenvalue weighted by molar-refractivity contribution is -0.141. The highest BCUT2D eigenvalue weighted by molar-refractivity contribution is 6.32. The number of carbonyl (C=O) groups excluding carboxylic acids is 1. The molecule has 194 valence electrons. The van der Waals surface area contributed by atoms with Gasteiger partial charge in [-0.25, -0.2) is 0 Å². The maximum absolute atomic E-state index is 13.5. The van der Waals surface area contributed by atoms with Gasteiger partial charge in [-0.2, -0.15) is 0 Å². The molecule has 5 aromatic rings. The Hall–Kier alpha value is -4.95. The van der Waals surface area contributed by atoms with Crippen molar-refractivity contribution in [1.29, 1.82) is 0 Å². The first kappa shape index (κ1) is 25.3. The summed E-state index contributed by atoms with van der Waals surface area (Å²) in [5.41, 5.74) is 9.08. The standard InChI is InChI=1S/C38H30O2/c1-40-33(39)27-38(32-25-15-6-16-26-32)36(30-21-11-4-12-22-30)34(28-17-7-2-8-18-28)35(29-19-9-3-10-20-29)37(38)31-23-13-5-14-24-31/h2-26H,27H2,1H3. The molecule has 0 aliphatic heterocycles. The molecule has 2 nitrogen and oxygen atoms in total. The fourth-order valence-corrected chi connectivity index (χ4v) is 6.16. The van der Waals surface area contributed by atoms with Gasteiger partial charge in [0.2, 0.25) is 0 Å². The van der Waals surface area contributed by atoms with Gasteiger partial charge in [0.25, 0.3) is 0 Å². The highest BCUT2D eigenvalue weighted by Gasteiger charge is 2.51. The van der Waals surface area contributed by atoms with Crippen LogP contribution >= 0.6 is 0 Å². The van der Waals surface area contributed by atoms with E-state index in [1.807, 2.05) is 30.3 Å². The Kier molecular flexibility index (Phi) is 6.99. The first-order chi connectivity index (χ1) is 19.7. The Balaban J connectivity index is 1.87. The van der Waals surface area contributed by atoms with E-state index >= 15 is 0 Å². The topological polar surface area (TPSA) is 26.3 Å².